The van der Waals surface area contributed by atoms with E-state index in [2.05, 4.69) is 29.2 Å². The minimum absolute atomic E-state index is 0.0918. The van der Waals surface area contributed by atoms with Gasteiger partial charge in [-0.15, -0.1) is 0 Å². The second-order valence-electron chi connectivity index (χ2n) is 6.50. The van der Waals surface area contributed by atoms with Gasteiger partial charge in [-0.3, -0.25) is 25.0 Å². The molecule has 2 aromatic carbocycles. The number of nitrogens with one attached hydrogen (secondary N) is 1. The van der Waals surface area contributed by atoms with Crippen LogP contribution in [0.25, 0.3) is 6.08 Å². The lowest BCUT2D eigenvalue weighted by molar-refractivity contribution is -0.384. The van der Waals surface area contributed by atoms with Gasteiger partial charge in [0.05, 0.1) is 16.2 Å². The molecule has 146 valence electrons. The fourth-order valence-electron chi connectivity index (χ4n) is 3.23. The first kappa shape index (κ1) is 19.5. The number of nitrogens with zero attached hydrogens (tertiary/aromatic N) is 3. The summed E-state index contributed by atoms with van der Waals surface area (Å²) >= 11 is 0. The molecule has 28 heavy (non-hydrogen) atoms. The summed E-state index contributed by atoms with van der Waals surface area (Å²) in [7, 11) is 0. The quantitative estimate of drug-likeness (QED) is 0.453. The van der Waals surface area contributed by atoms with E-state index in [0.29, 0.717) is 18.8 Å². The van der Waals surface area contributed by atoms with Gasteiger partial charge in [-0.25, -0.2) is 5.48 Å². The lowest BCUT2D eigenvalue weighted by Crippen LogP contribution is -2.47. The second kappa shape index (κ2) is 9.12. The average Bonchev–Trinajstić information content (AvgIpc) is 2.74. The molecule has 0 aromatic heterocycles. The molecule has 8 nitrogen and oxygen atoms in total. The van der Waals surface area contributed by atoms with Crippen LogP contribution in [0.1, 0.15) is 15.9 Å². The first-order valence-corrected chi connectivity index (χ1v) is 9.00. The summed E-state index contributed by atoms with van der Waals surface area (Å²) in [5.74, 6) is -0.757. The lowest BCUT2D eigenvalue weighted by atomic mass is 10.1. The van der Waals surface area contributed by atoms with Gasteiger partial charge in [0.2, 0.25) is 0 Å². The van der Waals surface area contributed by atoms with Crippen LogP contribution in [0.15, 0.2) is 54.6 Å². The van der Waals surface area contributed by atoms with E-state index < -0.39 is 10.8 Å². The van der Waals surface area contributed by atoms with Crippen LogP contribution in [-0.2, 0) is 0 Å². The number of hydroxylamine groups is 1. The molecule has 1 saturated heterocycles. The molecule has 1 aliphatic rings. The van der Waals surface area contributed by atoms with E-state index in [1.165, 1.54) is 12.1 Å². The summed E-state index contributed by atoms with van der Waals surface area (Å²) in [6.07, 6.45) is 4.22. The normalized spacial score (nSPS) is 15.0. The van der Waals surface area contributed by atoms with Gasteiger partial charge >= 0.3 is 0 Å². The monoisotopic (exact) mass is 382 g/mol. The van der Waals surface area contributed by atoms with Gasteiger partial charge < -0.3 is 4.90 Å². The number of rotatable bonds is 6. The summed E-state index contributed by atoms with van der Waals surface area (Å²) in [5, 5.41) is 20.0. The number of hydrogen-bond donors (Lipinski definition) is 2. The molecule has 2 aromatic rings. The molecule has 0 aliphatic carbocycles. The van der Waals surface area contributed by atoms with Crippen LogP contribution in [0.5, 0.6) is 0 Å². The first-order valence-electron chi connectivity index (χ1n) is 9.00. The molecule has 0 bridgehead atoms. The van der Waals surface area contributed by atoms with Gasteiger partial charge in [-0.2, -0.15) is 0 Å². The van der Waals surface area contributed by atoms with Crippen molar-refractivity contribution in [3.63, 3.8) is 0 Å². The Morgan fingerprint density at radius 3 is 2.50 bits per heavy atom. The van der Waals surface area contributed by atoms with Crippen LogP contribution in [0.4, 0.5) is 11.4 Å². The van der Waals surface area contributed by atoms with Crippen LogP contribution >= 0.6 is 0 Å². The highest BCUT2D eigenvalue weighted by molar-refractivity contribution is 5.99. The van der Waals surface area contributed by atoms with Crippen LogP contribution in [0, 0.1) is 10.1 Å². The van der Waals surface area contributed by atoms with Gasteiger partial charge in [0, 0.05) is 44.9 Å². The molecule has 0 spiro atoms. The Hall–Kier alpha value is -3.23. The van der Waals surface area contributed by atoms with E-state index in [1.807, 2.05) is 23.1 Å². The third kappa shape index (κ3) is 4.73. The molecule has 0 saturated carbocycles. The van der Waals surface area contributed by atoms with Gasteiger partial charge in [-0.05, 0) is 11.6 Å². The molecule has 0 atom stereocenters. The molecule has 0 radical (unpaired) electrons. The maximum absolute atomic E-state index is 12.0. The highest BCUT2D eigenvalue weighted by Gasteiger charge is 2.23. The van der Waals surface area contributed by atoms with Gasteiger partial charge in [0.15, 0.2) is 0 Å². The second-order valence-corrected chi connectivity index (χ2v) is 6.50. The Morgan fingerprint density at radius 1 is 1.14 bits per heavy atom. The molecule has 3 rings (SSSR count). The predicted molar refractivity (Wildman–Crippen MR) is 106 cm³/mol. The van der Waals surface area contributed by atoms with E-state index in [9.17, 15) is 14.9 Å². The summed E-state index contributed by atoms with van der Waals surface area (Å²) in [6.45, 7) is 3.80. The standard InChI is InChI=1S/C20H22N4O4/c25-20(21-26)18-15-17(24(27)28)8-9-19(18)23-13-11-22(12-14-23)10-4-7-16-5-2-1-3-6-16/h1-9,15,26H,10-14H2,(H,21,25). The predicted octanol–water partition coefficient (Wildman–Crippen LogP) is 2.55. The number of nitro groups is 1. The van der Waals surface area contributed by atoms with E-state index in [-0.39, 0.29) is 11.3 Å². The van der Waals surface area contributed by atoms with Crippen molar-refractivity contribution in [2.24, 2.45) is 0 Å². The maximum Gasteiger partial charge on any atom is 0.276 e. The van der Waals surface area contributed by atoms with Crippen molar-refractivity contribution in [1.82, 2.24) is 10.4 Å². The van der Waals surface area contributed by atoms with Crippen molar-refractivity contribution < 1.29 is 14.9 Å². The fraction of sp³-hybridized carbons (Fsp3) is 0.250. The Morgan fingerprint density at radius 2 is 1.86 bits per heavy atom. The third-order valence-electron chi connectivity index (χ3n) is 4.72. The van der Waals surface area contributed by atoms with Gasteiger partial charge in [-0.1, -0.05) is 42.5 Å². The van der Waals surface area contributed by atoms with Crippen LogP contribution in [-0.4, -0.2) is 53.7 Å². The fourth-order valence-corrected chi connectivity index (χ4v) is 3.23. The third-order valence-corrected chi connectivity index (χ3v) is 4.72. The Bertz CT molecular complexity index is 862. The number of amides is 1. The van der Waals surface area contributed by atoms with E-state index in [4.69, 9.17) is 5.21 Å². The zero-order valence-corrected chi connectivity index (χ0v) is 15.3. The number of benzene rings is 2. The number of non-ortho nitro benzene ring substituents is 1. The number of nitro benzene ring substituents is 1. The molecule has 1 fully saturated rings. The molecule has 0 unspecified atom stereocenters. The molecule has 8 heteroatoms. The van der Waals surface area contributed by atoms with Crippen LogP contribution in [0.3, 0.4) is 0 Å². The van der Waals surface area contributed by atoms with Crippen LogP contribution < -0.4 is 10.4 Å². The Balaban J connectivity index is 1.63. The van der Waals surface area contributed by atoms with Crippen molar-refractivity contribution in [1.29, 1.82) is 0 Å². The minimum Gasteiger partial charge on any atom is -0.368 e. The smallest absolute Gasteiger partial charge is 0.276 e. The summed E-state index contributed by atoms with van der Waals surface area (Å²) < 4.78 is 0. The largest absolute Gasteiger partial charge is 0.368 e. The average molecular weight is 382 g/mol. The summed E-state index contributed by atoms with van der Waals surface area (Å²) in [4.78, 5) is 26.7. The molecule has 1 amide bonds. The van der Waals surface area contributed by atoms with Gasteiger partial charge in [0.25, 0.3) is 11.6 Å². The summed E-state index contributed by atoms with van der Waals surface area (Å²) in [6, 6.07) is 14.2. The Labute approximate surface area is 162 Å². The number of carbonyl (C=O) groups excluding carboxylic acids is 1. The van der Waals surface area contributed by atoms with E-state index >= 15 is 0 Å². The first-order chi connectivity index (χ1) is 13.6. The zero-order chi connectivity index (χ0) is 19.9. The topological polar surface area (TPSA) is 98.9 Å². The number of carbonyl (C=O) groups is 1. The van der Waals surface area contributed by atoms with Crippen molar-refractivity contribution in [3.05, 3.63) is 75.8 Å². The molecule has 1 aliphatic heterocycles. The van der Waals surface area contributed by atoms with Crippen molar-refractivity contribution in [2.75, 3.05) is 37.6 Å². The van der Waals surface area contributed by atoms with E-state index in [0.717, 1.165) is 25.2 Å². The number of hydrogen-bond acceptors (Lipinski definition) is 6. The Kier molecular flexibility index (Phi) is 6.36. The summed E-state index contributed by atoms with van der Waals surface area (Å²) in [5.41, 5.74) is 3.21. The molecular formula is C20H22N4O4. The molecule has 2 N–H and O–H groups in total. The number of anilines is 1. The van der Waals surface area contributed by atoms with Crippen LogP contribution in [0.2, 0.25) is 0 Å². The maximum atomic E-state index is 12.0. The van der Waals surface area contributed by atoms with E-state index in [1.54, 1.807) is 11.5 Å². The van der Waals surface area contributed by atoms with Crippen molar-refractivity contribution >= 4 is 23.4 Å². The SMILES string of the molecule is O=C(NO)c1cc([N+](=O)[O-])ccc1N1CCN(CC=Cc2ccccc2)CC1. The van der Waals surface area contributed by atoms with Crippen molar-refractivity contribution in [2.45, 2.75) is 0 Å². The van der Waals surface area contributed by atoms with Crippen molar-refractivity contribution in [3.8, 4) is 0 Å². The highest BCUT2D eigenvalue weighted by Crippen LogP contribution is 2.26. The molecular weight excluding hydrogens is 360 g/mol. The number of piperazine rings is 1. The highest BCUT2D eigenvalue weighted by atomic mass is 16.6. The lowest BCUT2D eigenvalue weighted by Gasteiger charge is -2.36. The zero-order valence-electron chi connectivity index (χ0n) is 15.3. The van der Waals surface area contributed by atoms with Gasteiger partial charge in [0.1, 0.15) is 0 Å². The minimum atomic E-state index is -0.757. The molecule has 1 heterocycles.